The van der Waals surface area contributed by atoms with Gasteiger partial charge < -0.3 is 9.64 Å². The Morgan fingerprint density at radius 1 is 1.50 bits per heavy atom. The first-order valence-electron chi connectivity index (χ1n) is 4.70. The van der Waals surface area contributed by atoms with E-state index in [4.69, 9.17) is 4.74 Å². The van der Waals surface area contributed by atoms with Crippen LogP contribution < -0.4 is 0 Å². The maximum atomic E-state index is 5.29. The van der Waals surface area contributed by atoms with Crippen LogP contribution >= 0.6 is 0 Å². The van der Waals surface area contributed by atoms with Crippen LogP contribution in [-0.4, -0.2) is 32.2 Å². The molecule has 0 heterocycles. The zero-order chi connectivity index (χ0) is 8.97. The van der Waals surface area contributed by atoms with Gasteiger partial charge in [0.15, 0.2) is 0 Å². The molecule has 0 aromatic carbocycles. The van der Waals surface area contributed by atoms with E-state index in [1.807, 2.05) is 6.92 Å². The Labute approximate surface area is 75.2 Å². The van der Waals surface area contributed by atoms with Crippen LogP contribution in [0.1, 0.15) is 19.8 Å². The summed E-state index contributed by atoms with van der Waals surface area (Å²) in [5.41, 5.74) is 1.45. The number of ether oxygens (including phenoxy) is 1. The SMILES string of the molecule is CCOC/C=C(\C1CC1)N(C)C. The Morgan fingerprint density at radius 3 is 2.58 bits per heavy atom. The van der Waals surface area contributed by atoms with Gasteiger partial charge in [-0.2, -0.15) is 0 Å². The van der Waals surface area contributed by atoms with Gasteiger partial charge in [-0.15, -0.1) is 0 Å². The van der Waals surface area contributed by atoms with E-state index >= 15 is 0 Å². The van der Waals surface area contributed by atoms with Gasteiger partial charge in [0.05, 0.1) is 6.61 Å². The maximum Gasteiger partial charge on any atom is 0.0666 e. The third kappa shape index (κ3) is 2.86. The molecule has 2 heteroatoms. The zero-order valence-electron chi connectivity index (χ0n) is 8.34. The summed E-state index contributed by atoms with van der Waals surface area (Å²) in [6.07, 6.45) is 4.92. The van der Waals surface area contributed by atoms with E-state index in [-0.39, 0.29) is 0 Å². The second-order valence-corrected chi connectivity index (χ2v) is 3.46. The molecule has 0 atom stereocenters. The third-order valence-corrected chi connectivity index (χ3v) is 2.13. The van der Waals surface area contributed by atoms with Crippen LogP contribution in [0.25, 0.3) is 0 Å². The number of rotatable bonds is 5. The van der Waals surface area contributed by atoms with Crippen molar-refractivity contribution in [3.8, 4) is 0 Å². The smallest absolute Gasteiger partial charge is 0.0666 e. The molecule has 0 aromatic heterocycles. The molecule has 1 fully saturated rings. The summed E-state index contributed by atoms with van der Waals surface area (Å²) < 4.78 is 5.29. The summed E-state index contributed by atoms with van der Waals surface area (Å²) in [6, 6.07) is 0. The zero-order valence-corrected chi connectivity index (χ0v) is 8.34. The first-order valence-corrected chi connectivity index (χ1v) is 4.70. The van der Waals surface area contributed by atoms with Gasteiger partial charge in [-0.25, -0.2) is 0 Å². The van der Waals surface area contributed by atoms with Crippen LogP contribution in [0, 0.1) is 5.92 Å². The van der Waals surface area contributed by atoms with Crippen molar-refractivity contribution in [2.24, 2.45) is 5.92 Å². The lowest BCUT2D eigenvalue weighted by Crippen LogP contribution is -2.13. The molecule has 0 saturated heterocycles. The largest absolute Gasteiger partial charge is 0.381 e. The average molecular weight is 169 g/mol. The van der Waals surface area contributed by atoms with Crippen molar-refractivity contribution in [3.05, 3.63) is 11.8 Å². The highest BCUT2D eigenvalue weighted by Crippen LogP contribution is 2.37. The lowest BCUT2D eigenvalue weighted by molar-refractivity contribution is 0.175. The van der Waals surface area contributed by atoms with Gasteiger partial charge in [-0.3, -0.25) is 0 Å². The van der Waals surface area contributed by atoms with E-state index in [1.54, 1.807) is 0 Å². The summed E-state index contributed by atoms with van der Waals surface area (Å²) in [5.74, 6) is 0.820. The lowest BCUT2D eigenvalue weighted by atomic mass is 10.2. The number of hydrogen-bond donors (Lipinski definition) is 0. The van der Waals surface area contributed by atoms with Crippen molar-refractivity contribution >= 4 is 0 Å². The fourth-order valence-electron chi connectivity index (χ4n) is 1.36. The molecule has 1 saturated carbocycles. The summed E-state index contributed by atoms with van der Waals surface area (Å²) >= 11 is 0. The minimum atomic E-state index is 0.764. The number of hydrogen-bond acceptors (Lipinski definition) is 2. The normalized spacial score (nSPS) is 18.1. The second kappa shape index (κ2) is 4.51. The lowest BCUT2D eigenvalue weighted by Gasteiger charge is -2.16. The van der Waals surface area contributed by atoms with Crippen LogP contribution in [0.4, 0.5) is 0 Å². The second-order valence-electron chi connectivity index (χ2n) is 3.46. The van der Waals surface area contributed by atoms with Crippen LogP contribution in [-0.2, 0) is 4.74 Å². The maximum absolute atomic E-state index is 5.29. The Balaban J connectivity index is 2.35. The Morgan fingerprint density at radius 2 is 2.17 bits per heavy atom. The fourth-order valence-corrected chi connectivity index (χ4v) is 1.36. The van der Waals surface area contributed by atoms with Crippen LogP contribution in [0.15, 0.2) is 11.8 Å². The van der Waals surface area contributed by atoms with Gasteiger partial charge in [-0.05, 0) is 31.8 Å². The quantitative estimate of drug-likeness (QED) is 0.583. The molecule has 0 aromatic rings. The van der Waals surface area contributed by atoms with Gasteiger partial charge >= 0.3 is 0 Å². The summed E-state index contributed by atoms with van der Waals surface area (Å²) in [4.78, 5) is 2.21. The standard InChI is InChI=1S/C10H19NO/c1-4-12-8-7-10(11(2)3)9-5-6-9/h7,9H,4-6,8H2,1-3H3/b10-7+. The van der Waals surface area contributed by atoms with Crippen molar-refractivity contribution in [2.45, 2.75) is 19.8 Å². The fraction of sp³-hybridized carbons (Fsp3) is 0.800. The van der Waals surface area contributed by atoms with Gasteiger partial charge in [-0.1, -0.05) is 0 Å². The first-order chi connectivity index (χ1) is 5.75. The molecule has 1 aliphatic carbocycles. The molecule has 0 bridgehead atoms. The predicted octanol–water partition coefficient (Wildman–Crippen LogP) is 1.88. The minimum absolute atomic E-state index is 0.764. The van der Waals surface area contributed by atoms with E-state index in [0.29, 0.717) is 0 Å². The molecule has 1 aliphatic rings. The molecule has 0 aliphatic heterocycles. The minimum Gasteiger partial charge on any atom is -0.381 e. The van der Waals surface area contributed by atoms with Crippen LogP contribution in [0.5, 0.6) is 0 Å². The Bertz CT molecular complexity index is 155. The van der Waals surface area contributed by atoms with Crippen LogP contribution in [0.2, 0.25) is 0 Å². The summed E-state index contributed by atoms with van der Waals surface area (Å²) in [5, 5.41) is 0. The van der Waals surface area contributed by atoms with Crippen molar-refractivity contribution < 1.29 is 4.74 Å². The number of allylic oxidation sites excluding steroid dienone is 1. The molecular formula is C10H19NO. The first kappa shape index (κ1) is 9.59. The van der Waals surface area contributed by atoms with E-state index in [9.17, 15) is 0 Å². The van der Waals surface area contributed by atoms with Crippen molar-refractivity contribution in [1.82, 2.24) is 4.90 Å². The molecule has 0 spiro atoms. The topological polar surface area (TPSA) is 12.5 Å². The van der Waals surface area contributed by atoms with Crippen LogP contribution in [0.3, 0.4) is 0 Å². The van der Waals surface area contributed by atoms with Gasteiger partial charge in [0.2, 0.25) is 0 Å². The van der Waals surface area contributed by atoms with Crippen molar-refractivity contribution in [1.29, 1.82) is 0 Å². The molecule has 0 radical (unpaired) electrons. The van der Waals surface area contributed by atoms with Gasteiger partial charge in [0.25, 0.3) is 0 Å². The molecule has 70 valence electrons. The van der Waals surface area contributed by atoms with E-state index < -0.39 is 0 Å². The van der Waals surface area contributed by atoms with E-state index in [1.165, 1.54) is 18.5 Å². The molecular weight excluding hydrogens is 150 g/mol. The molecule has 0 unspecified atom stereocenters. The molecule has 2 nitrogen and oxygen atoms in total. The summed E-state index contributed by atoms with van der Waals surface area (Å²) in [6.45, 7) is 3.60. The molecule has 1 rings (SSSR count). The van der Waals surface area contributed by atoms with E-state index in [0.717, 1.165) is 19.1 Å². The highest BCUT2D eigenvalue weighted by molar-refractivity contribution is 5.10. The monoisotopic (exact) mass is 169 g/mol. The molecule has 0 amide bonds. The molecule has 0 N–H and O–H groups in total. The third-order valence-electron chi connectivity index (χ3n) is 2.13. The molecule has 12 heavy (non-hydrogen) atoms. The van der Waals surface area contributed by atoms with E-state index in [2.05, 4.69) is 25.1 Å². The highest BCUT2D eigenvalue weighted by atomic mass is 16.5. The Kier molecular flexibility index (Phi) is 3.60. The van der Waals surface area contributed by atoms with Crippen molar-refractivity contribution in [2.75, 3.05) is 27.3 Å². The van der Waals surface area contributed by atoms with Crippen molar-refractivity contribution in [3.63, 3.8) is 0 Å². The highest BCUT2D eigenvalue weighted by Gasteiger charge is 2.26. The predicted molar refractivity (Wildman–Crippen MR) is 51.0 cm³/mol. The number of nitrogens with zero attached hydrogens (tertiary/aromatic N) is 1. The average Bonchev–Trinajstić information content (AvgIpc) is 2.80. The van der Waals surface area contributed by atoms with Gasteiger partial charge in [0, 0.05) is 26.4 Å². The van der Waals surface area contributed by atoms with Gasteiger partial charge in [0.1, 0.15) is 0 Å². The summed E-state index contributed by atoms with van der Waals surface area (Å²) in [7, 11) is 4.21. The Hall–Kier alpha value is -0.500.